The highest BCUT2D eigenvalue weighted by Gasteiger charge is 2.04. The maximum atomic E-state index is 8.80. The summed E-state index contributed by atoms with van der Waals surface area (Å²) in [4.78, 5) is 4.23. The number of benzene rings is 1. The molecule has 0 radical (unpaired) electrons. The van der Waals surface area contributed by atoms with Crippen molar-refractivity contribution in [2.45, 2.75) is 19.8 Å². The van der Waals surface area contributed by atoms with Gasteiger partial charge >= 0.3 is 0 Å². The molecule has 0 bridgehead atoms. The van der Waals surface area contributed by atoms with E-state index >= 15 is 0 Å². The second-order valence-electron chi connectivity index (χ2n) is 4.09. The zero-order chi connectivity index (χ0) is 13.0. The normalized spacial score (nSPS) is 10.1. The minimum Gasteiger partial charge on any atom is -0.235 e. The van der Waals surface area contributed by atoms with Crippen LogP contribution in [0.15, 0.2) is 36.4 Å². The number of hydrogen-bond acceptors (Lipinski definition) is 2. The van der Waals surface area contributed by atoms with E-state index in [0.29, 0.717) is 5.56 Å². The van der Waals surface area contributed by atoms with Crippen molar-refractivity contribution in [1.29, 1.82) is 5.26 Å². The highest BCUT2D eigenvalue weighted by Crippen LogP contribution is 2.22. The monoisotopic (exact) mass is 256 g/mol. The lowest BCUT2D eigenvalue weighted by molar-refractivity contribution is 0.922. The van der Waals surface area contributed by atoms with Gasteiger partial charge in [-0.2, -0.15) is 5.26 Å². The molecule has 0 saturated carbocycles. The van der Waals surface area contributed by atoms with Crippen molar-refractivity contribution in [3.8, 4) is 17.3 Å². The summed E-state index contributed by atoms with van der Waals surface area (Å²) in [5.74, 6) is 0. The van der Waals surface area contributed by atoms with E-state index in [1.54, 1.807) is 6.07 Å². The van der Waals surface area contributed by atoms with Crippen molar-refractivity contribution in [2.24, 2.45) is 0 Å². The fourth-order valence-electron chi connectivity index (χ4n) is 1.81. The molecule has 1 aromatic carbocycles. The molecule has 2 nitrogen and oxygen atoms in total. The molecule has 0 aliphatic rings. The van der Waals surface area contributed by atoms with Gasteiger partial charge in [0.25, 0.3) is 0 Å². The van der Waals surface area contributed by atoms with Gasteiger partial charge in [-0.15, -0.1) is 0 Å². The van der Waals surface area contributed by atoms with Crippen molar-refractivity contribution < 1.29 is 0 Å². The SMILES string of the molecule is CCCc1ccc(-c2ccc(C#N)c(Cl)n2)cc1. The van der Waals surface area contributed by atoms with Gasteiger partial charge in [0.05, 0.1) is 11.3 Å². The van der Waals surface area contributed by atoms with Gasteiger partial charge in [-0.3, -0.25) is 0 Å². The average Bonchev–Trinajstić information content (AvgIpc) is 2.40. The van der Waals surface area contributed by atoms with Gasteiger partial charge in [-0.05, 0) is 24.1 Å². The van der Waals surface area contributed by atoms with Crippen molar-refractivity contribution >= 4 is 11.6 Å². The van der Waals surface area contributed by atoms with Crippen LogP contribution in [0.3, 0.4) is 0 Å². The number of hydrogen-bond donors (Lipinski definition) is 0. The molecule has 18 heavy (non-hydrogen) atoms. The summed E-state index contributed by atoms with van der Waals surface area (Å²) in [5, 5.41) is 9.06. The number of rotatable bonds is 3. The van der Waals surface area contributed by atoms with E-state index in [0.717, 1.165) is 24.1 Å². The molecule has 2 rings (SSSR count). The predicted octanol–water partition coefficient (Wildman–Crippen LogP) is 4.23. The summed E-state index contributed by atoms with van der Waals surface area (Å²) >= 11 is 5.93. The maximum Gasteiger partial charge on any atom is 0.147 e. The summed E-state index contributed by atoms with van der Waals surface area (Å²) in [6.45, 7) is 2.16. The predicted molar refractivity (Wildman–Crippen MR) is 73.4 cm³/mol. The zero-order valence-electron chi connectivity index (χ0n) is 10.2. The van der Waals surface area contributed by atoms with Crippen LogP contribution >= 0.6 is 11.6 Å². The van der Waals surface area contributed by atoms with Crippen LogP contribution in [0.25, 0.3) is 11.3 Å². The fourth-order valence-corrected chi connectivity index (χ4v) is 2.01. The highest BCUT2D eigenvalue weighted by atomic mass is 35.5. The Morgan fingerprint density at radius 1 is 1.17 bits per heavy atom. The molecule has 90 valence electrons. The Hall–Kier alpha value is -1.85. The number of aromatic nitrogens is 1. The van der Waals surface area contributed by atoms with Crippen molar-refractivity contribution in [1.82, 2.24) is 4.98 Å². The Morgan fingerprint density at radius 2 is 1.89 bits per heavy atom. The quantitative estimate of drug-likeness (QED) is 0.771. The minimum atomic E-state index is 0.257. The van der Waals surface area contributed by atoms with E-state index in [-0.39, 0.29) is 5.15 Å². The third-order valence-corrected chi connectivity index (χ3v) is 3.05. The Balaban J connectivity index is 2.31. The first-order chi connectivity index (χ1) is 8.74. The smallest absolute Gasteiger partial charge is 0.147 e. The molecule has 1 heterocycles. The molecule has 2 aromatic rings. The number of aryl methyl sites for hydroxylation is 1. The summed E-state index contributed by atoms with van der Waals surface area (Å²) in [6.07, 6.45) is 2.22. The first-order valence-corrected chi connectivity index (χ1v) is 6.28. The van der Waals surface area contributed by atoms with Crippen LogP contribution in [0.4, 0.5) is 0 Å². The van der Waals surface area contributed by atoms with Crippen LogP contribution in [-0.4, -0.2) is 4.98 Å². The molecule has 0 N–H and O–H groups in total. The van der Waals surface area contributed by atoms with Crippen LogP contribution in [0.5, 0.6) is 0 Å². The second-order valence-corrected chi connectivity index (χ2v) is 4.45. The van der Waals surface area contributed by atoms with Gasteiger partial charge in [-0.25, -0.2) is 4.98 Å². The maximum absolute atomic E-state index is 8.80. The summed E-state index contributed by atoms with van der Waals surface area (Å²) in [7, 11) is 0. The number of halogens is 1. The minimum absolute atomic E-state index is 0.257. The van der Waals surface area contributed by atoms with Crippen LogP contribution < -0.4 is 0 Å². The number of nitrogens with zero attached hydrogens (tertiary/aromatic N) is 2. The molecule has 3 heteroatoms. The van der Waals surface area contributed by atoms with Crippen molar-refractivity contribution in [3.63, 3.8) is 0 Å². The number of pyridine rings is 1. The number of nitriles is 1. The lowest BCUT2D eigenvalue weighted by Crippen LogP contribution is -1.88. The third kappa shape index (κ3) is 2.69. The van der Waals surface area contributed by atoms with E-state index < -0.39 is 0 Å². The summed E-state index contributed by atoms with van der Waals surface area (Å²) < 4.78 is 0. The molecule has 0 aliphatic carbocycles. The topological polar surface area (TPSA) is 36.7 Å². The molecule has 0 fully saturated rings. The standard InChI is InChI=1S/C15H13ClN2/c1-2-3-11-4-6-12(7-5-11)14-9-8-13(10-17)15(16)18-14/h4-9H,2-3H2,1H3. The molecule has 0 unspecified atom stereocenters. The van der Waals surface area contributed by atoms with E-state index in [1.165, 1.54) is 5.56 Å². The van der Waals surface area contributed by atoms with Crippen molar-refractivity contribution in [2.75, 3.05) is 0 Å². The Morgan fingerprint density at radius 3 is 2.44 bits per heavy atom. The van der Waals surface area contributed by atoms with Gasteiger partial charge in [0.2, 0.25) is 0 Å². The average molecular weight is 257 g/mol. The molecule has 1 aromatic heterocycles. The van der Waals surface area contributed by atoms with E-state index in [2.05, 4.69) is 24.0 Å². The molecule has 0 spiro atoms. The van der Waals surface area contributed by atoms with Gasteiger partial charge in [0.1, 0.15) is 11.2 Å². The molecular weight excluding hydrogens is 244 g/mol. The van der Waals surface area contributed by atoms with Gasteiger partial charge in [0, 0.05) is 5.56 Å². The molecule has 0 atom stereocenters. The van der Waals surface area contributed by atoms with Crippen LogP contribution in [0, 0.1) is 11.3 Å². The lowest BCUT2D eigenvalue weighted by Gasteiger charge is -2.04. The zero-order valence-corrected chi connectivity index (χ0v) is 10.9. The van der Waals surface area contributed by atoms with Gasteiger partial charge in [-0.1, -0.05) is 49.2 Å². The van der Waals surface area contributed by atoms with Crippen LogP contribution in [-0.2, 0) is 6.42 Å². The molecule has 0 saturated heterocycles. The Kier molecular flexibility index (Phi) is 3.96. The molecular formula is C15H13ClN2. The fraction of sp³-hybridized carbons (Fsp3) is 0.200. The molecule has 0 aliphatic heterocycles. The Bertz CT molecular complexity index is 582. The van der Waals surface area contributed by atoms with E-state index in [9.17, 15) is 0 Å². The Labute approximate surface area is 112 Å². The summed E-state index contributed by atoms with van der Waals surface area (Å²) in [6, 6.07) is 13.8. The largest absolute Gasteiger partial charge is 0.235 e. The van der Waals surface area contributed by atoms with Gasteiger partial charge in [0.15, 0.2) is 0 Å². The van der Waals surface area contributed by atoms with E-state index in [1.807, 2.05) is 24.3 Å². The molecule has 0 amide bonds. The van der Waals surface area contributed by atoms with E-state index in [4.69, 9.17) is 16.9 Å². The van der Waals surface area contributed by atoms with Crippen molar-refractivity contribution in [3.05, 3.63) is 52.7 Å². The first kappa shape index (κ1) is 12.6. The van der Waals surface area contributed by atoms with Crippen LogP contribution in [0.1, 0.15) is 24.5 Å². The summed E-state index contributed by atoms with van der Waals surface area (Å²) in [5.41, 5.74) is 3.53. The second kappa shape index (κ2) is 5.66. The van der Waals surface area contributed by atoms with Crippen LogP contribution in [0.2, 0.25) is 5.15 Å². The third-order valence-electron chi connectivity index (χ3n) is 2.76. The van der Waals surface area contributed by atoms with Gasteiger partial charge < -0.3 is 0 Å². The lowest BCUT2D eigenvalue weighted by atomic mass is 10.1. The highest BCUT2D eigenvalue weighted by molar-refractivity contribution is 6.30. The first-order valence-electron chi connectivity index (χ1n) is 5.90.